The molecule has 0 spiro atoms. The molecule has 0 saturated heterocycles. The standard InChI is InChI=1S/C30H53P/c1-5-7-8-9-10-11-12-13-14-15-16-17-18-19-20-21-22-30(31(3)4)27-29-25-23-28(6-2)24-26-29/h6,23-26,30H,2,5,7-22,27H2,1,3-4H3. The van der Waals surface area contributed by atoms with Crippen LogP contribution in [0.1, 0.15) is 127 Å². The molecule has 0 nitrogen and oxygen atoms in total. The zero-order chi connectivity index (χ0) is 22.6. The van der Waals surface area contributed by atoms with E-state index in [1.165, 1.54) is 127 Å². The van der Waals surface area contributed by atoms with E-state index in [-0.39, 0.29) is 7.92 Å². The summed E-state index contributed by atoms with van der Waals surface area (Å²) < 4.78 is 0. The fourth-order valence-corrected chi connectivity index (χ4v) is 5.81. The van der Waals surface area contributed by atoms with Crippen molar-refractivity contribution in [3.8, 4) is 0 Å². The Morgan fingerprint density at radius 2 is 1.10 bits per heavy atom. The van der Waals surface area contributed by atoms with Crippen molar-refractivity contribution in [2.45, 2.75) is 128 Å². The lowest BCUT2D eigenvalue weighted by atomic mass is 10.0. The van der Waals surface area contributed by atoms with Crippen LogP contribution in [-0.2, 0) is 6.42 Å². The highest BCUT2D eigenvalue weighted by atomic mass is 31.1. The van der Waals surface area contributed by atoms with Crippen molar-refractivity contribution in [3.63, 3.8) is 0 Å². The van der Waals surface area contributed by atoms with Gasteiger partial charge in [0.1, 0.15) is 0 Å². The van der Waals surface area contributed by atoms with Crippen LogP contribution in [0.4, 0.5) is 0 Å². The zero-order valence-electron chi connectivity index (χ0n) is 21.3. The molecular weight excluding hydrogens is 391 g/mol. The smallest absolute Gasteiger partial charge is 0.0174 e. The first-order valence-electron chi connectivity index (χ1n) is 13.5. The lowest BCUT2D eigenvalue weighted by molar-refractivity contribution is 0.525. The van der Waals surface area contributed by atoms with Crippen molar-refractivity contribution in [3.05, 3.63) is 42.0 Å². The summed E-state index contributed by atoms with van der Waals surface area (Å²) in [4.78, 5) is 0. The van der Waals surface area contributed by atoms with Crippen LogP contribution in [0.3, 0.4) is 0 Å². The van der Waals surface area contributed by atoms with E-state index in [9.17, 15) is 0 Å². The summed E-state index contributed by atoms with van der Waals surface area (Å²) in [5, 5.41) is 0. The summed E-state index contributed by atoms with van der Waals surface area (Å²) in [6, 6.07) is 9.02. The van der Waals surface area contributed by atoms with Crippen LogP contribution in [0, 0.1) is 0 Å². The van der Waals surface area contributed by atoms with Gasteiger partial charge >= 0.3 is 0 Å². The summed E-state index contributed by atoms with van der Waals surface area (Å²) in [6.45, 7) is 11.1. The Morgan fingerprint density at radius 1 is 0.677 bits per heavy atom. The quantitative estimate of drug-likeness (QED) is 0.131. The van der Waals surface area contributed by atoms with E-state index in [1.807, 2.05) is 6.08 Å². The number of hydrogen-bond donors (Lipinski definition) is 0. The SMILES string of the molecule is C=Cc1ccc(CC(CCCCCCCCCCCCCCCCCC)P(C)C)cc1. The maximum atomic E-state index is 3.86. The predicted octanol–water partition coefficient (Wildman–Crippen LogP) is 10.6. The van der Waals surface area contributed by atoms with Gasteiger partial charge in [0.15, 0.2) is 0 Å². The van der Waals surface area contributed by atoms with E-state index in [4.69, 9.17) is 0 Å². The number of benzene rings is 1. The van der Waals surface area contributed by atoms with Crippen LogP contribution in [-0.4, -0.2) is 19.0 Å². The lowest BCUT2D eigenvalue weighted by Crippen LogP contribution is -2.09. The molecule has 0 aromatic heterocycles. The molecule has 0 N–H and O–H groups in total. The molecule has 0 aliphatic rings. The normalized spacial score (nSPS) is 12.4. The molecule has 0 fully saturated rings. The van der Waals surface area contributed by atoms with Gasteiger partial charge in [0, 0.05) is 0 Å². The van der Waals surface area contributed by atoms with Gasteiger partial charge in [-0.1, -0.05) is 147 Å². The monoisotopic (exact) mass is 444 g/mol. The van der Waals surface area contributed by atoms with Crippen LogP contribution in [0.15, 0.2) is 30.8 Å². The minimum Gasteiger partial charge on any atom is -0.110 e. The highest BCUT2D eigenvalue weighted by molar-refractivity contribution is 7.56. The Bertz CT molecular complexity index is 516. The molecule has 0 aliphatic heterocycles. The van der Waals surface area contributed by atoms with Gasteiger partial charge in [-0.05, 0) is 43.0 Å². The van der Waals surface area contributed by atoms with Gasteiger partial charge in [-0.25, -0.2) is 0 Å². The van der Waals surface area contributed by atoms with Gasteiger partial charge in [0.05, 0.1) is 0 Å². The van der Waals surface area contributed by atoms with Gasteiger partial charge < -0.3 is 0 Å². The molecule has 1 unspecified atom stereocenters. The Labute approximate surface area is 197 Å². The second-order valence-electron chi connectivity index (χ2n) is 9.86. The average molecular weight is 445 g/mol. The summed E-state index contributed by atoms with van der Waals surface area (Å²) >= 11 is 0. The molecule has 178 valence electrons. The average Bonchev–Trinajstić information content (AvgIpc) is 2.78. The highest BCUT2D eigenvalue weighted by Crippen LogP contribution is 2.38. The predicted molar refractivity (Wildman–Crippen MR) is 147 cm³/mol. The molecule has 0 amide bonds. The molecule has 1 aromatic carbocycles. The molecule has 1 rings (SSSR count). The number of rotatable bonds is 21. The van der Waals surface area contributed by atoms with Crippen molar-refractivity contribution in [2.75, 3.05) is 13.3 Å². The third-order valence-electron chi connectivity index (χ3n) is 6.81. The fraction of sp³-hybridized carbons (Fsp3) is 0.733. The van der Waals surface area contributed by atoms with Crippen LogP contribution in [0.2, 0.25) is 0 Å². The number of unbranched alkanes of at least 4 members (excludes halogenated alkanes) is 15. The molecule has 1 atom stereocenters. The summed E-state index contributed by atoms with van der Waals surface area (Å²) in [5.41, 5.74) is 3.62. The van der Waals surface area contributed by atoms with Crippen molar-refractivity contribution in [2.24, 2.45) is 0 Å². The maximum Gasteiger partial charge on any atom is -0.0174 e. The lowest BCUT2D eigenvalue weighted by Gasteiger charge is -2.21. The topological polar surface area (TPSA) is 0 Å². The molecule has 31 heavy (non-hydrogen) atoms. The summed E-state index contributed by atoms with van der Waals surface area (Å²) in [6.07, 6.45) is 27.9. The Balaban J connectivity index is 1.95. The van der Waals surface area contributed by atoms with Crippen LogP contribution in [0.25, 0.3) is 6.08 Å². The second-order valence-corrected chi connectivity index (χ2v) is 12.5. The van der Waals surface area contributed by atoms with E-state index in [0.717, 1.165) is 5.66 Å². The van der Waals surface area contributed by atoms with Gasteiger partial charge in [-0.15, -0.1) is 7.92 Å². The third kappa shape index (κ3) is 15.8. The van der Waals surface area contributed by atoms with E-state index in [2.05, 4.69) is 51.1 Å². The van der Waals surface area contributed by atoms with Crippen LogP contribution in [0.5, 0.6) is 0 Å². The fourth-order valence-electron chi connectivity index (χ4n) is 4.53. The Kier molecular flexibility index (Phi) is 18.4. The van der Waals surface area contributed by atoms with Crippen molar-refractivity contribution in [1.29, 1.82) is 0 Å². The molecule has 0 saturated carbocycles. The van der Waals surface area contributed by atoms with Crippen LogP contribution >= 0.6 is 7.92 Å². The molecular formula is C30H53P. The Morgan fingerprint density at radius 3 is 1.48 bits per heavy atom. The van der Waals surface area contributed by atoms with Crippen LogP contribution < -0.4 is 0 Å². The Hall–Kier alpha value is -0.610. The molecule has 1 aromatic rings. The van der Waals surface area contributed by atoms with Crippen molar-refractivity contribution < 1.29 is 0 Å². The largest absolute Gasteiger partial charge is 0.110 e. The zero-order valence-corrected chi connectivity index (χ0v) is 22.2. The molecule has 0 bridgehead atoms. The molecule has 0 heterocycles. The summed E-state index contributed by atoms with van der Waals surface area (Å²) in [7, 11) is 0.137. The minimum absolute atomic E-state index is 0.137. The van der Waals surface area contributed by atoms with E-state index in [1.54, 1.807) is 0 Å². The number of hydrogen-bond acceptors (Lipinski definition) is 0. The molecule has 0 radical (unpaired) electrons. The first-order chi connectivity index (χ1) is 15.2. The van der Waals surface area contributed by atoms with E-state index < -0.39 is 0 Å². The van der Waals surface area contributed by atoms with Gasteiger partial charge in [0.2, 0.25) is 0 Å². The second kappa shape index (κ2) is 20.0. The highest BCUT2D eigenvalue weighted by Gasteiger charge is 2.13. The van der Waals surface area contributed by atoms with E-state index in [0.29, 0.717) is 0 Å². The summed E-state index contributed by atoms with van der Waals surface area (Å²) in [5.74, 6) is 0. The minimum atomic E-state index is 0.137. The first-order valence-corrected chi connectivity index (χ1v) is 15.9. The van der Waals surface area contributed by atoms with Gasteiger partial charge in [-0.3, -0.25) is 0 Å². The molecule has 1 heteroatoms. The molecule has 0 aliphatic carbocycles. The van der Waals surface area contributed by atoms with E-state index >= 15 is 0 Å². The van der Waals surface area contributed by atoms with Gasteiger partial charge in [0.25, 0.3) is 0 Å². The maximum absolute atomic E-state index is 3.86. The third-order valence-corrected chi connectivity index (χ3v) is 8.71. The van der Waals surface area contributed by atoms with Crippen molar-refractivity contribution in [1.82, 2.24) is 0 Å². The first kappa shape index (κ1) is 28.4. The van der Waals surface area contributed by atoms with Gasteiger partial charge in [-0.2, -0.15) is 0 Å². The van der Waals surface area contributed by atoms with Crippen molar-refractivity contribution >= 4 is 14.0 Å².